The molecule has 0 saturated heterocycles. The van der Waals surface area contributed by atoms with Crippen molar-refractivity contribution in [2.24, 2.45) is 0 Å². The molecule has 0 fully saturated rings. The van der Waals surface area contributed by atoms with Crippen LogP contribution in [0.1, 0.15) is 24.0 Å². The highest BCUT2D eigenvalue weighted by Crippen LogP contribution is 2.54. The fraction of sp³-hybridized carbons (Fsp3) is 0.429. The second-order valence-corrected chi connectivity index (χ2v) is 7.26. The second-order valence-electron chi connectivity index (χ2n) is 7.26. The lowest BCUT2D eigenvalue weighted by Crippen LogP contribution is -2.51. The first-order valence-corrected chi connectivity index (χ1v) is 9.60. The maximum Gasteiger partial charge on any atom is 0.165 e. The third-order valence-corrected chi connectivity index (χ3v) is 5.71. The third-order valence-electron chi connectivity index (χ3n) is 5.71. The quantitative estimate of drug-likeness (QED) is 0.703. The predicted molar refractivity (Wildman–Crippen MR) is 102 cm³/mol. The number of rotatable bonds is 5. The van der Waals surface area contributed by atoms with E-state index < -0.39 is 0 Å². The Labute approximate surface area is 158 Å². The zero-order chi connectivity index (χ0) is 18.3. The van der Waals surface area contributed by atoms with Crippen LogP contribution in [0.2, 0.25) is 0 Å². The Bertz CT molecular complexity index is 856. The number of nitrogens with one attached hydrogen (secondary N) is 2. The summed E-state index contributed by atoms with van der Waals surface area (Å²) in [6.45, 7) is 2.75. The summed E-state index contributed by atoms with van der Waals surface area (Å²) in [6, 6.07) is 12.5. The molecule has 2 atom stereocenters. The average Bonchev–Trinajstić information content (AvgIpc) is 3.23. The number of ether oxygens (including phenoxy) is 3. The minimum absolute atomic E-state index is 0.0115. The van der Waals surface area contributed by atoms with Crippen molar-refractivity contribution in [2.45, 2.75) is 24.4 Å². The van der Waals surface area contributed by atoms with Gasteiger partial charge in [0.25, 0.3) is 0 Å². The zero-order valence-corrected chi connectivity index (χ0v) is 15.2. The predicted octanol–water partition coefficient (Wildman–Crippen LogP) is 2.25. The van der Waals surface area contributed by atoms with Gasteiger partial charge in [-0.15, -0.1) is 0 Å². The van der Waals surface area contributed by atoms with Crippen LogP contribution in [0.25, 0.3) is 0 Å². The third kappa shape index (κ3) is 2.55. The summed E-state index contributed by atoms with van der Waals surface area (Å²) >= 11 is 0. The fourth-order valence-electron chi connectivity index (χ4n) is 4.41. The van der Waals surface area contributed by atoms with Gasteiger partial charge < -0.3 is 24.6 Å². The molecule has 27 heavy (non-hydrogen) atoms. The van der Waals surface area contributed by atoms with E-state index in [1.807, 2.05) is 12.1 Å². The van der Waals surface area contributed by atoms with Gasteiger partial charge in [0.2, 0.25) is 0 Å². The van der Waals surface area contributed by atoms with Crippen LogP contribution in [0.4, 0.5) is 5.69 Å². The molecule has 3 N–H and O–H groups in total. The van der Waals surface area contributed by atoms with Crippen molar-refractivity contribution in [2.75, 3.05) is 38.3 Å². The Morgan fingerprint density at radius 2 is 1.81 bits per heavy atom. The first-order chi connectivity index (χ1) is 13.3. The first-order valence-electron chi connectivity index (χ1n) is 9.60. The summed E-state index contributed by atoms with van der Waals surface area (Å²) in [4.78, 5) is 0. The maximum absolute atomic E-state index is 9.06. The molecule has 3 aliphatic rings. The average molecular weight is 368 g/mol. The van der Waals surface area contributed by atoms with Crippen molar-refractivity contribution in [3.8, 4) is 17.2 Å². The summed E-state index contributed by atoms with van der Waals surface area (Å²) in [5, 5.41) is 16.3. The fourth-order valence-corrected chi connectivity index (χ4v) is 4.41. The molecule has 2 aromatic carbocycles. The van der Waals surface area contributed by atoms with Crippen LogP contribution >= 0.6 is 0 Å². The topological polar surface area (TPSA) is 72.0 Å². The van der Waals surface area contributed by atoms with Crippen molar-refractivity contribution < 1.29 is 19.3 Å². The largest absolute Gasteiger partial charge is 0.492 e. The van der Waals surface area contributed by atoms with E-state index in [4.69, 9.17) is 19.3 Å². The van der Waals surface area contributed by atoms with E-state index >= 15 is 0 Å². The van der Waals surface area contributed by atoms with Crippen LogP contribution in [0.15, 0.2) is 36.4 Å². The molecular formula is C21H24N2O4. The molecule has 0 radical (unpaired) electrons. The Balaban J connectivity index is 1.56. The van der Waals surface area contributed by atoms with Crippen LogP contribution in [-0.2, 0) is 5.41 Å². The number of hydrogen-bond acceptors (Lipinski definition) is 6. The van der Waals surface area contributed by atoms with Gasteiger partial charge in [0.1, 0.15) is 25.6 Å². The van der Waals surface area contributed by atoms with E-state index in [2.05, 4.69) is 34.9 Å². The van der Waals surface area contributed by atoms with E-state index in [0.717, 1.165) is 47.9 Å². The lowest BCUT2D eigenvalue weighted by molar-refractivity contribution is 0.171. The molecule has 6 nitrogen and oxygen atoms in total. The summed E-state index contributed by atoms with van der Waals surface area (Å²) < 4.78 is 17.7. The van der Waals surface area contributed by atoms with Gasteiger partial charge in [-0.2, -0.15) is 0 Å². The number of anilines is 1. The monoisotopic (exact) mass is 368 g/mol. The lowest BCUT2D eigenvalue weighted by Gasteiger charge is -2.32. The number of fused-ring (bicyclic) bond motifs is 5. The Hall–Kier alpha value is -2.44. The van der Waals surface area contributed by atoms with Crippen molar-refractivity contribution >= 4 is 5.69 Å². The zero-order valence-electron chi connectivity index (χ0n) is 15.2. The van der Waals surface area contributed by atoms with Gasteiger partial charge in [-0.1, -0.05) is 18.2 Å². The summed E-state index contributed by atoms with van der Waals surface area (Å²) in [5.41, 5.74) is 3.17. The standard InChI is InChI=1S/C21H24N2O4/c24-8-4-3-7-22-20-21(14-5-1-2-6-16(14)23-20)13-27-17-12-19-18(11-15(17)21)25-9-10-26-19/h1-2,5-6,11-12,20,22-24H,3-4,7-10,13H2. The molecule has 3 heterocycles. The molecule has 0 amide bonds. The molecule has 2 aromatic rings. The highest BCUT2D eigenvalue weighted by molar-refractivity contribution is 5.70. The molecule has 0 aliphatic carbocycles. The van der Waals surface area contributed by atoms with Gasteiger partial charge in [0.15, 0.2) is 11.5 Å². The first kappa shape index (κ1) is 16.7. The molecule has 3 aliphatic heterocycles. The minimum Gasteiger partial charge on any atom is -0.492 e. The summed E-state index contributed by atoms with van der Waals surface area (Å²) in [7, 11) is 0. The number of aliphatic hydroxyl groups excluding tert-OH is 1. The molecule has 0 saturated carbocycles. The summed E-state index contributed by atoms with van der Waals surface area (Å²) in [6.07, 6.45) is 1.74. The van der Waals surface area contributed by atoms with Crippen LogP contribution in [-0.4, -0.2) is 44.2 Å². The van der Waals surface area contributed by atoms with Crippen LogP contribution in [0.5, 0.6) is 17.2 Å². The van der Waals surface area contributed by atoms with Gasteiger partial charge in [0, 0.05) is 23.9 Å². The lowest BCUT2D eigenvalue weighted by atomic mass is 9.75. The van der Waals surface area contributed by atoms with Gasteiger partial charge in [0.05, 0.1) is 11.6 Å². The van der Waals surface area contributed by atoms with Gasteiger partial charge in [-0.25, -0.2) is 0 Å². The van der Waals surface area contributed by atoms with Crippen molar-refractivity contribution in [3.63, 3.8) is 0 Å². The van der Waals surface area contributed by atoms with Crippen molar-refractivity contribution in [1.82, 2.24) is 5.32 Å². The second kappa shape index (κ2) is 6.62. The Kier molecular flexibility index (Phi) is 4.10. The van der Waals surface area contributed by atoms with Gasteiger partial charge in [-0.05, 0) is 37.1 Å². The Morgan fingerprint density at radius 1 is 1.00 bits per heavy atom. The van der Waals surface area contributed by atoms with E-state index in [-0.39, 0.29) is 18.2 Å². The molecule has 5 rings (SSSR count). The van der Waals surface area contributed by atoms with Crippen LogP contribution < -0.4 is 24.8 Å². The number of aliphatic hydroxyl groups is 1. The smallest absolute Gasteiger partial charge is 0.165 e. The molecule has 0 aromatic heterocycles. The SMILES string of the molecule is OCCCCNC1Nc2ccccc2C12COc1cc3c(cc12)OCCO3. The number of hydrogen-bond donors (Lipinski definition) is 3. The van der Waals surface area contributed by atoms with E-state index in [1.54, 1.807) is 0 Å². The molecule has 1 spiro atoms. The van der Waals surface area contributed by atoms with Gasteiger partial charge in [-0.3, -0.25) is 5.32 Å². The molecule has 0 bridgehead atoms. The van der Waals surface area contributed by atoms with Crippen molar-refractivity contribution in [3.05, 3.63) is 47.5 Å². The normalized spacial score (nSPS) is 24.3. The summed E-state index contributed by atoms with van der Waals surface area (Å²) in [5.74, 6) is 2.40. The van der Waals surface area contributed by atoms with E-state index in [9.17, 15) is 0 Å². The molecule has 6 heteroatoms. The highest BCUT2D eigenvalue weighted by atomic mass is 16.6. The Morgan fingerprint density at radius 3 is 2.67 bits per heavy atom. The maximum atomic E-state index is 9.06. The number of benzene rings is 2. The molecule has 2 unspecified atom stereocenters. The minimum atomic E-state index is -0.318. The number of unbranched alkanes of at least 4 members (excludes halogenated alkanes) is 1. The van der Waals surface area contributed by atoms with Gasteiger partial charge >= 0.3 is 0 Å². The molecule has 142 valence electrons. The molecular weight excluding hydrogens is 344 g/mol. The van der Waals surface area contributed by atoms with Crippen molar-refractivity contribution in [1.29, 1.82) is 0 Å². The highest BCUT2D eigenvalue weighted by Gasteiger charge is 2.54. The van der Waals surface area contributed by atoms with E-state index in [1.165, 1.54) is 5.56 Å². The van der Waals surface area contributed by atoms with E-state index in [0.29, 0.717) is 19.8 Å². The number of para-hydroxylation sites is 1. The van der Waals surface area contributed by atoms with Crippen LogP contribution in [0, 0.1) is 0 Å². The van der Waals surface area contributed by atoms with Crippen LogP contribution in [0.3, 0.4) is 0 Å².